The van der Waals surface area contributed by atoms with Gasteiger partial charge in [-0.15, -0.1) is 0 Å². The molecule has 2 N–H and O–H groups in total. The van der Waals surface area contributed by atoms with Crippen molar-refractivity contribution < 1.29 is 13.2 Å². The first-order chi connectivity index (χ1) is 8.53. The second-order valence-corrected chi connectivity index (χ2v) is 4.65. The third-order valence-corrected chi connectivity index (χ3v) is 2.87. The van der Waals surface area contributed by atoms with E-state index in [1.807, 2.05) is 6.07 Å². The first-order valence-electron chi connectivity index (χ1n) is 5.11. The molecule has 3 nitrogen and oxygen atoms in total. The van der Waals surface area contributed by atoms with Gasteiger partial charge in [-0.05, 0) is 42.1 Å². The summed E-state index contributed by atoms with van der Waals surface area (Å²) in [6.45, 7) is 0.547. The van der Waals surface area contributed by atoms with Crippen LogP contribution in [0.25, 0.3) is 0 Å². The van der Waals surface area contributed by atoms with Crippen molar-refractivity contribution in [2.45, 2.75) is 16.9 Å². The molecule has 7 heteroatoms. The molecule has 96 valence electrons. The molecule has 0 atom stereocenters. The average molecular weight is 273 g/mol. The first kappa shape index (κ1) is 12.8. The Bertz CT molecular complexity index is 479. The summed E-state index contributed by atoms with van der Waals surface area (Å²) in [6, 6.07) is 7.93. The van der Waals surface area contributed by atoms with Gasteiger partial charge in [-0.2, -0.15) is 18.3 Å². The maximum absolute atomic E-state index is 12.1. The Balaban J connectivity index is 1.91. The lowest BCUT2D eigenvalue weighted by atomic mass is 10.3. The van der Waals surface area contributed by atoms with Crippen molar-refractivity contribution in [3.8, 4) is 0 Å². The Morgan fingerprint density at radius 3 is 2.44 bits per heavy atom. The molecule has 1 aromatic heterocycles. The third-order valence-electron chi connectivity index (χ3n) is 2.13. The van der Waals surface area contributed by atoms with Crippen molar-refractivity contribution in [3.63, 3.8) is 0 Å². The van der Waals surface area contributed by atoms with Gasteiger partial charge in [0.25, 0.3) is 0 Å². The molecule has 0 bridgehead atoms. The molecule has 0 aliphatic rings. The Morgan fingerprint density at radius 1 is 1.17 bits per heavy atom. The minimum absolute atomic E-state index is 0.119. The van der Waals surface area contributed by atoms with E-state index in [1.54, 1.807) is 18.3 Å². The van der Waals surface area contributed by atoms with E-state index in [0.29, 0.717) is 6.54 Å². The lowest BCUT2D eigenvalue weighted by Gasteiger charge is -2.07. The van der Waals surface area contributed by atoms with Crippen molar-refractivity contribution in [2.75, 3.05) is 5.32 Å². The minimum Gasteiger partial charge on any atom is -0.379 e. The van der Waals surface area contributed by atoms with E-state index < -0.39 is 5.51 Å². The highest BCUT2D eigenvalue weighted by molar-refractivity contribution is 8.00. The van der Waals surface area contributed by atoms with Gasteiger partial charge in [0.15, 0.2) is 0 Å². The van der Waals surface area contributed by atoms with Crippen LogP contribution in [0.15, 0.2) is 41.4 Å². The van der Waals surface area contributed by atoms with E-state index in [1.165, 1.54) is 12.1 Å². The van der Waals surface area contributed by atoms with E-state index in [-0.39, 0.29) is 16.7 Å². The molecule has 0 aliphatic heterocycles. The van der Waals surface area contributed by atoms with Crippen molar-refractivity contribution in [2.24, 2.45) is 0 Å². The number of hydrogen-bond acceptors (Lipinski definition) is 3. The number of alkyl halides is 3. The number of rotatable bonds is 4. The zero-order chi connectivity index (χ0) is 13.0. The molecule has 0 spiro atoms. The summed E-state index contributed by atoms with van der Waals surface area (Å²) in [5.74, 6) is 0. The monoisotopic (exact) mass is 273 g/mol. The van der Waals surface area contributed by atoms with Gasteiger partial charge >= 0.3 is 5.51 Å². The fourth-order valence-corrected chi connectivity index (χ4v) is 1.89. The molecule has 2 aromatic rings. The van der Waals surface area contributed by atoms with Crippen LogP contribution >= 0.6 is 11.8 Å². The lowest BCUT2D eigenvalue weighted by molar-refractivity contribution is -0.0328. The standard InChI is InChI=1S/C11H10F3N3S/c12-11(13,14)18-10-3-1-8(2-4-10)15-7-9-5-6-16-17-9/h1-6,15H,7H2,(H,16,17). The summed E-state index contributed by atoms with van der Waals surface area (Å²) in [5, 5.41) is 9.66. The predicted molar refractivity (Wildman–Crippen MR) is 64.3 cm³/mol. The number of nitrogens with zero attached hydrogens (tertiary/aromatic N) is 1. The molecule has 1 heterocycles. The molecule has 0 amide bonds. The largest absolute Gasteiger partial charge is 0.446 e. The summed E-state index contributed by atoms with van der Waals surface area (Å²) in [5.41, 5.74) is -2.58. The fourth-order valence-electron chi connectivity index (χ4n) is 1.35. The average Bonchev–Trinajstić information content (AvgIpc) is 2.79. The fraction of sp³-hybridized carbons (Fsp3) is 0.182. The summed E-state index contributed by atoms with van der Waals surface area (Å²) < 4.78 is 36.3. The Morgan fingerprint density at radius 2 is 1.89 bits per heavy atom. The molecule has 0 unspecified atom stereocenters. The van der Waals surface area contributed by atoms with Crippen LogP contribution < -0.4 is 5.32 Å². The molecule has 0 aliphatic carbocycles. The van der Waals surface area contributed by atoms with Gasteiger partial charge in [-0.1, -0.05) is 0 Å². The molecule has 0 saturated heterocycles. The van der Waals surface area contributed by atoms with E-state index in [4.69, 9.17) is 0 Å². The number of nitrogens with one attached hydrogen (secondary N) is 2. The Hall–Kier alpha value is -1.63. The number of halogens is 3. The van der Waals surface area contributed by atoms with E-state index in [9.17, 15) is 13.2 Å². The van der Waals surface area contributed by atoms with Gasteiger partial charge < -0.3 is 5.32 Å². The van der Waals surface area contributed by atoms with Crippen LogP contribution in [0.4, 0.5) is 18.9 Å². The van der Waals surface area contributed by atoms with Crippen LogP contribution in [0.2, 0.25) is 0 Å². The van der Waals surface area contributed by atoms with Gasteiger partial charge in [-0.25, -0.2) is 0 Å². The van der Waals surface area contributed by atoms with E-state index >= 15 is 0 Å². The molecule has 18 heavy (non-hydrogen) atoms. The Kier molecular flexibility index (Phi) is 3.81. The quantitative estimate of drug-likeness (QED) is 0.836. The smallest absolute Gasteiger partial charge is 0.379 e. The number of thioether (sulfide) groups is 1. The van der Waals surface area contributed by atoms with Crippen molar-refractivity contribution in [1.82, 2.24) is 10.2 Å². The normalized spacial score (nSPS) is 11.5. The van der Waals surface area contributed by atoms with E-state index in [0.717, 1.165) is 11.4 Å². The molecular formula is C11H10F3N3S. The van der Waals surface area contributed by atoms with Gasteiger partial charge in [0.1, 0.15) is 0 Å². The summed E-state index contributed by atoms with van der Waals surface area (Å²) in [7, 11) is 0. The minimum atomic E-state index is -4.25. The van der Waals surface area contributed by atoms with Crippen LogP contribution in [-0.4, -0.2) is 15.7 Å². The zero-order valence-corrected chi connectivity index (χ0v) is 9.98. The van der Waals surface area contributed by atoms with Crippen molar-refractivity contribution in [3.05, 3.63) is 42.2 Å². The maximum atomic E-state index is 12.1. The van der Waals surface area contributed by atoms with Crippen molar-refractivity contribution in [1.29, 1.82) is 0 Å². The topological polar surface area (TPSA) is 40.7 Å². The highest BCUT2D eigenvalue weighted by atomic mass is 32.2. The van der Waals surface area contributed by atoms with Gasteiger partial charge in [0.05, 0.1) is 12.2 Å². The number of aromatic amines is 1. The number of H-pyrrole nitrogens is 1. The first-order valence-corrected chi connectivity index (χ1v) is 5.92. The Labute approximate surface area is 106 Å². The van der Waals surface area contributed by atoms with Crippen LogP contribution in [-0.2, 0) is 6.54 Å². The number of anilines is 1. The van der Waals surface area contributed by atoms with Gasteiger partial charge in [0.2, 0.25) is 0 Å². The van der Waals surface area contributed by atoms with Crippen LogP contribution in [0.5, 0.6) is 0 Å². The third kappa shape index (κ3) is 3.99. The number of benzene rings is 1. The van der Waals surface area contributed by atoms with Crippen molar-refractivity contribution >= 4 is 17.4 Å². The SMILES string of the molecule is FC(F)(F)Sc1ccc(NCc2ccn[nH]2)cc1. The van der Waals surface area contributed by atoms with Gasteiger partial charge in [-0.3, -0.25) is 5.10 Å². The maximum Gasteiger partial charge on any atom is 0.446 e. The summed E-state index contributed by atoms with van der Waals surface area (Å²) in [4.78, 5) is 0.176. The van der Waals surface area contributed by atoms with Crippen LogP contribution in [0.3, 0.4) is 0 Å². The molecule has 0 fully saturated rings. The summed E-state index contributed by atoms with van der Waals surface area (Å²) >= 11 is -0.119. The predicted octanol–water partition coefficient (Wildman–Crippen LogP) is 3.63. The van der Waals surface area contributed by atoms with E-state index in [2.05, 4.69) is 15.5 Å². The summed E-state index contributed by atoms with van der Waals surface area (Å²) in [6.07, 6.45) is 1.64. The molecular weight excluding hydrogens is 263 g/mol. The second-order valence-electron chi connectivity index (χ2n) is 3.51. The zero-order valence-electron chi connectivity index (χ0n) is 9.16. The molecule has 2 rings (SSSR count). The highest BCUT2D eigenvalue weighted by Gasteiger charge is 2.28. The van der Waals surface area contributed by atoms with Crippen LogP contribution in [0.1, 0.15) is 5.69 Å². The lowest BCUT2D eigenvalue weighted by Crippen LogP contribution is -2.01. The number of hydrogen-bond donors (Lipinski definition) is 2. The van der Waals surface area contributed by atoms with Crippen LogP contribution in [0, 0.1) is 0 Å². The van der Waals surface area contributed by atoms with Gasteiger partial charge in [0, 0.05) is 16.8 Å². The molecule has 0 radical (unpaired) electrons. The number of aromatic nitrogens is 2. The molecule has 1 aromatic carbocycles. The second kappa shape index (κ2) is 5.34. The highest BCUT2D eigenvalue weighted by Crippen LogP contribution is 2.36. The molecule has 0 saturated carbocycles.